The van der Waals surface area contributed by atoms with Crippen LogP contribution in [0.25, 0.3) is 0 Å². The molecule has 1 nitrogen and oxygen atoms in total. The molecule has 3 heteroatoms. The average Bonchev–Trinajstić information content (AvgIpc) is 2.25. The minimum atomic E-state index is -0.107. The maximum atomic E-state index is 13.2. The number of hydrogen-bond donors (Lipinski definition) is 1. The maximum absolute atomic E-state index is 13.2. The van der Waals surface area contributed by atoms with Gasteiger partial charge in [-0.1, -0.05) is 19.1 Å². The molecule has 1 aromatic carbocycles. The van der Waals surface area contributed by atoms with E-state index in [0.29, 0.717) is 0 Å². The van der Waals surface area contributed by atoms with Gasteiger partial charge >= 0.3 is 0 Å². The van der Waals surface area contributed by atoms with Crippen molar-refractivity contribution in [2.75, 3.05) is 18.8 Å². The van der Waals surface area contributed by atoms with Gasteiger partial charge in [-0.3, -0.25) is 0 Å². The highest BCUT2D eigenvalue weighted by Gasteiger charge is 1.99. The molecule has 0 radical (unpaired) electrons. The van der Waals surface area contributed by atoms with E-state index in [0.717, 1.165) is 30.2 Å². The van der Waals surface area contributed by atoms with Crippen molar-refractivity contribution in [3.05, 3.63) is 30.1 Å². The molecule has 1 rings (SSSR count). The highest BCUT2D eigenvalue weighted by atomic mass is 32.2. The summed E-state index contributed by atoms with van der Waals surface area (Å²) in [5.74, 6) is 0.862. The van der Waals surface area contributed by atoms with E-state index < -0.39 is 0 Å². The van der Waals surface area contributed by atoms with E-state index in [4.69, 9.17) is 0 Å². The first-order valence-corrected chi connectivity index (χ1v) is 6.41. The minimum absolute atomic E-state index is 0.107. The van der Waals surface area contributed by atoms with E-state index in [-0.39, 0.29) is 5.82 Å². The van der Waals surface area contributed by atoms with Crippen LogP contribution >= 0.6 is 11.8 Å². The zero-order chi connectivity index (χ0) is 10.9. The largest absolute Gasteiger partial charge is 0.317 e. The second-order valence-electron chi connectivity index (χ2n) is 3.38. The van der Waals surface area contributed by atoms with Crippen molar-refractivity contribution >= 4 is 11.8 Å². The number of rotatable bonds is 7. The quantitative estimate of drug-likeness (QED) is 0.566. The second-order valence-corrected chi connectivity index (χ2v) is 4.52. The highest BCUT2D eigenvalue weighted by Crippen LogP contribution is 2.21. The van der Waals surface area contributed by atoms with Crippen molar-refractivity contribution in [2.45, 2.75) is 24.7 Å². The van der Waals surface area contributed by atoms with Crippen LogP contribution in [-0.4, -0.2) is 18.8 Å². The first-order chi connectivity index (χ1) is 7.34. The first-order valence-electron chi connectivity index (χ1n) is 5.42. The van der Waals surface area contributed by atoms with Crippen molar-refractivity contribution in [3.8, 4) is 0 Å². The number of thioether (sulfide) groups is 1. The Morgan fingerprint density at radius 1 is 1.27 bits per heavy atom. The van der Waals surface area contributed by atoms with E-state index >= 15 is 0 Å². The third-order valence-electron chi connectivity index (χ3n) is 2.02. The molecule has 0 unspecified atom stereocenters. The summed E-state index contributed by atoms with van der Waals surface area (Å²) in [6, 6.07) is 6.94. The van der Waals surface area contributed by atoms with Crippen LogP contribution in [0.2, 0.25) is 0 Å². The summed E-state index contributed by atoms with van der Waals surface area (Å²) in [7, 11) is 0. The van der Waals surface area contributed by atoms with Crippen LogP contribution in [0.15, 0.2) is 29.2 Å². The van der Waals surface area contributed by atoms with Gasteiger partial charge in [0.1, 0.15) is 5.82 Å². The molecule has 0 aliphatic carbocycles. The van der Waals surface area contributed by atoms with E-state index in [9.17, 15) is 4.39 Å². The zero-order valence-corrected chi connectivity index (χ0v) is 9.95. The lowest BCUT2D eigenvalue weighted by Gasteiger charge is -2.03. The van der Waals surface area contributed by atoms with E-state index in [1.54, 1.807) is 17.8 Å². The first kappa shape index (κ1) is 12.5. The predicted molar refractivity (Wildman–Crippen MR) is 64.9 cm³/mol. The summed E-state index contributed by atoms with van der Waals surface area (Å²) in [6.45, 7) is 4.25. The molecule has 0 bridgehead atoms. The Bertz CT molecular complexity index is 278. The molecule has 0 atom stereocenters. The molecular formula is C12H18FNS. The Kier molecular flexibility index (Phi) is 6.44. The van der Waals surface area contributed by atoms with Crippen LogP contribution in [0.4, 0.5) is 4.39 Å². The number of halogens is 1. The van der Waals surface area contributed by atoms with Crippen molar-refractivity contribution < 1.29 is 4.39 Å². The van der Waals surface area contributed by atoms with Gasteiger partial charge in [0.25, 0.3) is 0 Å². The minimum Gasteiger partial charge on any atom is -0.317 e. The lowest BCUT2D eigenvalue weighted by Crippen LogP contribution is -2.16. The zero-order valence-electron chi connectivity index (χ0n) is 9.13. The van der Waals surface area contributed by atoms with Gasteiger partial charge in [0.05, 0.1) is 0 Å². The number of benzene rings is 1. The fraction of sp³-hybridized carbons (Fsp3) is 0.500. The normalized spacial score (nSPS) is 10.5. The molecule has 1 aromatic rings. The Balaban J connectivity index is 2.12. The SMILES string of the molecule is CCCNCCCSc1ccccc1F. The Morgan fingerprint density at radius 2 is 2.07 bits per heavy atom. The number of nitrogens with one attached hydrogen (secondary N) is 1. The van der Waals surface area contributed by atoms with Gasteiger partial charge < -0.3 is 5.32 Å². The summed E-state index contributed by atoms with van der Waals surface area (Å²) in [5.41, 5.74) is 0. The maximum Gasteiger partial charge on any atom is 0.136 e. The molecule has 0 amide bonds. The van der Waals surface area contributed by atoms with Gasteiger partial charge in [0.2, 0.25) is 0 Å². The standard InChI is InChI=1S/C12H18FNS/c1-2-8-14-9-5-10-15-12-7-4-3-6-11(12)13/h3-4,6-7,14H,2,5,8-10H2,1H3. The van der Waals surface area contributed by atoms with Gasteiger partial charge in [0.15, 0.2) is 0 Å². The fourth-order valence-electron chi connectivity index (χ4n) is 1.24. The monoisotopic (exact) mass is 227 g/mol. The van der Waals surface area contributed by atoms with Crippen LogP contribution in [0.1, 0.15) is 19.8 Å². The Hall–Kier alpha value is -0.540. The summed E-state index contributed by atoms with van der Waals surface area (Å²) in [6.07, 6.45) is 2.25. The summed E-state index contributed by atoms with van der Waals surface area (Å²) >= 11 is 1.59. The lowest BCUT2D eigenvalue weighted by molar-refractivity contribution is 0.601. The molecule has 0 heterocycles. The molecule has 84 valence electrons. The summed E-state index contributed by atoms with van der Waals surface area (Å²) in [4.78, 5) is 0.757. The van der Waals surface area contributed by atoms with E-state index in [1.165, 1.54) is 12.5 Å². The van der Waals surface area contributed by atoms with Crippen molar-refractivity contribution in [2.24, 2.45) is 0 Å². The predicted octanol–water partition coefficient (Wildman–Crippen LogP) is 3.31. The van der Waals surface area contributed by atoms with E-state index in [2.05, 4.69) is 12.2 Å². The molecule has 0 spiro atoms. The molecular weight excluding hydrogens is 209 g/mol. The Labute approximate surface area is 95.5 Å². The molecule has 0 aliphatic rings. The smallest absolute Gasteiger partial charge is 0.136 e. The summed E-state index contributed by atoms with van der Waals surface area (Å²) < 4.78 is 13.2. The third-order valence-corrected chi connectivity index (χ3v) is 3.15. The Morgan fingerprint density at radius 3 is 2.80 bits per heavy atom. The van der Waals surface area contributed by atoms with Gasteiger partial charge in [0, 0.05) is 4.90 Å². The molecule has 0 fully saturated rings. The van der Waals surface area contributed by atoms with Gasteiger partial charge in [-0.25, -0.2) is 4.39 Å². The second kappa shape index (κ2) is 7.71. The lowest BCUT2D eigenvalue weighted by atomic mass is 10.3. The summed E-state index contributed by atoms with van der Waals surface area (Å²) in [5, 5.41) is 3.33. The van der Waals surface area contributed by atoms with Gasteiger partial charge in [-0.2, -0.15) is 0 Å². The van der Waals surface area contributed by atoms with Crippen LogP contribution < -0.4 is 5.32 Å². The highest BCUT2D eigenvalue weighted by molar-refractivity contribution is 7.99. The van der Waals surface area contributed by atoms with E-state index in [1.807, 2.05) is 12.1 Å². The topological polar surface area (TPSA) is 12.0 Å². The van der Waals surface area contributed by atoms with Crippen LogP contribution in [0.3, 0.4) is 0 Å². The molecule has 0 saturated carbocycles. The van der Waals surface area contributed by atoms with Gasteiger partial charge in [-0.05, 0) is 43.8 Å². The van der Waals surface area contributed by atoms with Gasteiger partial charge in [-0.15, -0.1) is 11.8 Å². The number of hydrogen-bond acceptors (Lipinski definition) is 2. The van der Waals surface area contributed by atoms with Crippen LogP contribution in [0.5, 0.6) is 0 Å². The van der Waals surface area contributed by atoms with Crippen LogP contribution in [-0.2, 0) is 0 Å². The van der Waals surface area contributed by atoms with Crippen LogP contribution in [0, 0.1) is 5.82 Å². The third kappa shape index (κ3) is 5.19. The molecule has 15 heavy (non-hydrogen) atoms. The molecule has 0 aromatic heterocycles. The molecule has 0 saturated heterocycles. The van der Waals surface area contributed by atoms with Crippen molar-refractivity contribution in [1.82, 2.24) is 5.32 Å². The van der Waals surface area contributed by atoms with Crippen molar-refractivity contribution in [3.63, 3.8) is 0 Å². The molecule has 1 N–H and O–H groups in total. The average molecular weight is 227 g/mol. The molecule has 0 aliphatic heterocycles. The fourth-order valence-corrected chi connectivity index (χ4v) is 2.13. The van der Waals surface area contributed by atoms with Crippen molar-refractivity contribution in [1.29, 1.82) is 0 Å².